The molecular formula is C12H15N3O2. The topological polar surface area (TPSA) is 89.4 Å². The number of hydrogen-bond donors (Lipinski definition) is 2. The number of benzene rings is 1. The molecule has 2 amide bonds. The average molecular weight is 233 g/mol. The van der Waals surface area contributed by atoms with Crippen molar-refractivity contribution in [3.05, 3.63) is 29.3 Å². The predicted octanol–water partition coefficient (Wildman–Crippen LogP) is 0.420. The molecule has 2 atom stereocenters. The molecule has 90 valence electrons. The molecule has 1 aromatic rings. The zero-order valence-electron chi connectivity index (χ0n) is 9.81. The molecule has 0 saturated heterocycles. The fourth-order valence-electron chi connectivity index (χ4n) is 2.30. The molecule has 1 heterocycles. The molecule has 0 radical (unpaired) electrons. The highest BCUT2D eigenvalue weighted by atomic mass is 16.2. The maximum absolute atomic E-state index is 12.1. The largest absolute Gasteiger partial charge is 0.369 e. The molecule has 0 aliphatic carbocycles. The van der Waals surface area contributed by atoms with Crippen molar-refractivity contribution in [3.8, 4) is 0 Å². The summed E-state index contributed by atoms with van der Waals surface area (Å²) < 4.78 is 0. The van der Waals surface area contributed by atoms with Gasteiger partial charge in [-0.15, -0.1) is 0 Å². The summed E-state index contributed by atoms with van der Waals surface area (Å²) in [6, 6.07) is 5.50. The van der Waals surface area contributed by atoms with Crippen LogP contribution in [0.15, 0.2) is 18.2 Å². The third-order valence-electron chi connectivity index (χ3n) is 3.32. The summed E-state index contributed by atoms with van der Waals surface area (Å²) in [5.74, 6) is 3.83. The van der Waals surface area contributed by atoms with Gasteiger partial charge in [0.2, 0.25) is 11.8 Å². The first-order valence-electron chi connectivity index (χ1n) is 5.42. The molecule has 4 N–H and O–H groups in total. The number of aryl methyl sites for hydroxylation is 1. The van der Waals surface area contributed by atoms with Gasteiger partial charge in [-0.3, -0.25) is 9.59 Å². The number of hydrogen-bond acceptors (Lipinski definition) is 3. The maximum Gasteiger partial charge on any atom is 0.249 e. The number of carbonyl (C=O) groups excluding carboxylic acids is 2. The summed E-state index contributed by atoms with van der Waals surface area (Å²) in [4.78, 5) is 23.3. The molecule has 5 nitrogen and oxygen atoms in total. The molecule has 0 fully saturated rings. The molecule has 2 rings (SSSR count). The summed E-state index contributed by atoms with van der Waals surface area (Å²) in [5.41, 5.74) is 7.70. The van der Waals surface area contributed by atoms with E-state index in [9.17, 15) is 9.59 Å². The summed E-state index contributed by atoms with van der Waals surface area (Å²) in [5, 5.41) is 1.10. The Hall–Kier alpha value is -1.88. The van der Waals surface area contributed by atoms with Gasteiger partial charge in [0.25, 0.3) is 0 Å². The van der Waals surface area contributed by atoms with Crippen LogP contribution in [-0.4, -0.2) is 11.8 Å². The fourth-order valence-corrected chi connectivity index (χ4v) is 2.30. The predicted molar refractivity (Wildman–Crippen MR) is 64.0 cm³/mol. The highest BCUT2D eigenvalue weighted by Crippen LogP contribution is 2.41. The highest BCUT2D eigenvalue weighted by Gasteiger charge is 2.41. The van der Waals surface area contributed by atoms with E-state index >= 15 is 0 Å². The van der Waals surface area contributed by atoms with Gasteiger partial charge in [0.1, 0.15) is 0 Å². The van der Waals surface area contributed by atoms with E-state index in [1.54, 1.807) is 13.0 Å². The molecule has 0 bridgehead atoms. The van der Waals surface area contributed by atoms with Gasteiger partial charge >= 0.3 is 0 Å². The molecule has 5 heteroatoms. The van der Waals surface area contributed by atoms with E-state index < -0.39 is 17.7 Å². The van der Waals surface area contributed by atoms with E-state index in [4.69, 9.17) is 11.6 Å². The van der Waals surface area contributed by atoms with Crippen molar-refractivity contribution in [1.29, 1.82) is 0 Å². The molecule has 0 saturated carbocycles. The van der Waals surface area contributed by atoms with Gasteiger partial charge in [-0.1, -0.05) is 19.1 Å². The lowest BCUT2D eigenvalue weighted by Crippen LogP contribution is -2.39. The summed E-state index contributed by atoms with van der Waals surface area (Å²) in [6.45, 7) is 3.55. The second-order valence-electron chi connectivity index (χ2n) is 4.38. The summed E-state index contributed by atoms with van der Waals surface area (Å²) in [6.07, 6.45) is 0. The third-order valence-corrected chi connectivity index (χ3v) is 3.32. The number of carbonyl (C=O) groups is 2. The number of nitrogens with two attached hydrogens (primary N) is 2. The Kier molecular flexibility index (Phi) is 2.63. The molecule has 0 aromatic heterocycles. The van der Waals surface area contributed by atoms with Gasteiger partial charge in [-0.25, -0.2) is 10.9 Å². The molecular weight excluding hydrogens is 218 g/mol. The maximum atomic E-state index is 12.1. The second kappa shape index (κ2) is 3.85. The summed E-state index contributed by atoms with van der Waals surface area (Å²) >= 11 is 0. The third kappa shape index (κ3) is 1.59. The van der Waals surface area contributed by atoms with E-state index in [1.165, 1.54) is 0 Å². The zero-order chi connectivity index (χ0) is 12.7. The van der Waals surface area contributed by atoms with Crippen LogP contribution in [0.5, 0.6) is 0 Å². The minimum atomic E-state index is -0.561. The van der Waals surface area contributed by atoms with E-state index in [1.807, 2.05) is 19.1 Å². The first kappa shape index (κ1) is 11.6. The quantitative estimate of drug-likeness (QED) is 0.573. The molecule has 1 aliphatic heterocycles. The van der Waals surface area contributed by atoms with Gasteiger partial charge in [-0.2, -0.15) is 0 Å². The number of anilines is 1. The van der Waals surface area contributed by atoms with Crippen molar-refractivity contribution < 1.29 is 9.59 Å². The lowest BCUT2D eigenvalue weighted by molar-refractivity contribution is -0.127. The van der Waals surface area contributed by atoms with Crippen molar-refractivity contribution in [2.45, 2.75) is 19.8 Å². The average Bonchev–Trinajstić information content (AvgIpc) is 2.53. The lowest BCUT2D eigenvalue weighted by atomic mass is 9.85. The molecule has 1 aromatic carbocycles. The van der Waals surface area contributed by atoms with Crippen molar-refractivity contribution in [1.82, 2.24) is 0 Å². The first-order chi connectivity index (χ1) is 7.95. The zero-order valence-corrected chi connectivity index (χ0v) is 9.81. The van der Waals surface area contributed by atoms with Crippen molar-refractivity contribution in [2.24, 2.45) is 17.5 Å². The Morgan fingerprint density at radius 1 is 1.47 bits per heavy atom. The minimum Gasteiger partial charge on any atom is -0.369 e. The standard InChI is InChI=1S/C12H15N3O2/c1-6-4-3-5-8-9(6)10(7(2)11(13)16)12(17)15(8)14/h3-5,7,10H,14H2,1-2H3,(H2,13,16)/t7?,10-/m0/s1. The minimum absolute atomic E-state index is 0.277. The van der Waals surface area contributed by atoms with Gasteiger partial charge in [0, 0.05) is 0 Å². The fraction of sp³-hybridized carbons (Fsp3) is 0.333. The van der Waals surface area contributed by atoms with Gasteiger partial charge in [0.15, 0.2) is 0 Å². The molecule has 17 heavy (non-hydrogen) atoms. The van der Waals surface area contributed by atoms with Crippen LogP contribution in [0, 0.1) is 12.8 Å². The number of hydrazine groups is 1. The van der Waals surface area contributed by atoms with Crippen molar-refractivity contribution in [2.75, 3.05) is 5.01 Å². The highest BCUT2D eigenvalue weighted by molar-refractivity contribution is 6.06. The monoisotopic (exact) mass is 233 g/mol. The Balaban J connectivity index is 2.58. The van der Waals surface area contributed by atoms with Gasteiger partial charge in [-0.05, 0) is 24.1 Å². The van der Waals surface area contributed by atoms with Crippen LogP contribution < -0.4 is 16.6 Å². The number of nitrogens with zero attached hydrogens (tertiary/aromatic N) is 1. The van der Waals surface area contributed by atoms with Crippen LogP contribution in [0.3, 0.4) is 0 Å². The van der Waals surface area contributed by atoms with Crippen molar-refractivity contribution in [3.63, 3.8) is 0 Å². The van der Waals surface area contributed by atoms with E-state index in [-0.39, 0.29) is 5.91 Å². The molecule has 1 aliphatic rings. The SMILES string of the molecule is Cc1cccc2c1[C@H](C(C)C(N)=O)C(=O)N2N. The van der Waals surface area contributed by atoms with Crippen LogP contribution in [0.4, 0.5) is 5.69 Å². The molecule has 1 unspecified atom stereocenters. The Bertz CT molecular complexity index is 499. The van der Waals surface area contributed by atoms with Crippen LogP contribution in [0.1, 0.15) is 24.0 Å². The van der Waals surface area contributed by atoms with E-state index in [2.05, 4.69) is 0 Å². The molecule has 0 spiro atoms. The number of primary amides is 1. The normalized spacial score (nSPS) is 20.3. The Labute approximate surface area is 99.3 Å². The number of fused-ring (bicyclic) bond motifs is 1. The lowest BCUT2D eigenvalue weighted by Gasteiger charge is -2.16. The van der Waals surface area contributed by atoms with Crippen LogP contribution in [-0.2, 0) is 9.59 Å². The Morgan fingerprint density at radius 2 is 2.12 bits per heavy atom. The van der Waals surface area contributed by atoms with Crippen LogP contribution >= 0.6 is 0 Å². The second-order valence-corrected chi connectivity index (χ2v) is 4.38. The van der Waals surface area contributed by atoms with Crippen LogP contribution in [0.25, 0.3) is 0 Å². The summed E-state index contributed by atoms with van der Waals surface area (Å²) in [7, 11) is 0. The van der Waals surface area contributed by atoms with E-state index in [0.29, 0.717) is 5.69 Å². The number of rotatable bonds is 2. The first-order valence-corrected chi connectivity index (χ1v) is 5.42. The van der Waals surface area contributed by atoms with Crippen molar-refractivity contribution >= 4 is 17.5 Å². The number of amides is 2. The van der Waals surface area contributed by atoms with Gasteiger partial charge in [0.05, 0.1) is 17.5 Å². The Morgan fingerprint density at radius 3 is 2.71 bits per heavy atom. The van der Waals surface area contributed by atoms with Gasteiger partial charge < -0.3 is 5.73 Å². The smallest absolute Gasteiger partial charge is 0.249 e. The van der Waals surface area contributed by atoms with E-state index in [0.717, 1.165) is 16.1 Å². The van der Waals surface area contributed by atoms with Crippen LogP contribution in [0.2, 0.25) is 0 Å².